The maximum Gasteiger partial charge on any atom is 0.319 e. The molecule has 0 bridgehead atoms. The van der Waals surface area contributed by atoms with Crippen LogP contribution in [0.3, 0.4) is 0 Å². The van der Waals surface area contributed by atoms with Gasteiger partial charge >= 0.3 is 5.97 Å². The van der Waals surface area contributed by atoms with Crippen molar-refractivity contribution in [2.45, 2.75) is 39.0 Å². The van der Waals surface area contributed by atoms with Gasteiger partial charge in [-0.1, -0.05) is 25.4 Å². The topological polar surface area (TPSA) is 44.1 Å². The van der Waals surface area contributed by atoms with Crippen LogP contribution >= 0.6 is 11.6 Å². The normalized spacial score (nSPS) is 11.9. The molecular weight excluding hydrogens is 288 g/mol. The molecule has 0 saturated heterocycles. The molecule has 0 radical (unpaired) electrons. The zero-order valence-corrected chi connectivity index (χ0v) is 13.7. The van der Waals surface area contributed by atoms with Crippen molar-refractivity contribution in [1.82, 2.24) is 9.55 Å². The molecule has 1 heterocycles. The predicted octanol–water partition coefficient (Wildman–Crippen LogP) is 3.85. The van der Waals surface area contributed by atoms with Crippen LogP contribution in [0, 0.1) is 0 Å². The molecule has 0 saturated carbocycles. The summed E-state index contributed by atoms with van der Waals surface area (Å²) >= 11 is 6.03. The first-order chi connectivity index (χ1) is 10.00. The number of benzene rings is 1. The average molecular weight is 309 g/mol. The molecule has 0 fully saturated rings. The highest BCUT2D eigenvalue weighted by Gasteiger charge is 2.42. The summed E-state index contributed by atoms with van der Waals surface area (Å²) in [6.07, 6.45) is 1.29. The molecule has 2 rings (SSSR count). The molecule has 1 aromatic heterocycles. The molecule has 0 amide bonds. The Bertz CT molecular complexity index is 660. The van der Waals surface area contributed by atoms with Crippen LogP contribution < -0.4 is 0 Å². The third kappa shape index (κ3) is 2.53. The molecule has 0 aliphatic rings. The van der Waals surface area contributed by atoms with E-state index in [0.29, 0.717) is 24.5 Å². The Hall–Kier alpha value is -1.55. The Morgan fingerprint density at radius 2 is 2.00 bits per heavy atom. The first kappa shape index (κ1) is 15.8. The van der Waals surface area contributed by atoms with Crippen molar-refractivity contribution in [3.05, 3.63) is 29.0 Å². The van der Waals surface area contributed by atoms with Crippen LogP contribution in [0.1, 0.15) is 39.4 Å². The minimum Gasteiger partial charge on any atom is -0.465 e. The van der Waals surface area contributed by atoms with E-state index in [1.165, 1.54) is 0 Å². The highest BCUT2D eigenvalue weighted by molar-refractivity contribution is 6.31. The fraction of sp³-hybridized carbons (Fsp3) is 0.500. The number of aromatic nitrogens is 2. The lowest BCUT2D eigenvalue weighted by molar-refractivity contribution is -0.151. The summed E-state index contributed by atoms with van der Waals surface area (Å²) in [7, 11) is 1.93. The van der Waals surface area contributed by atoms with Crippen molar-refractivity contribution in [3.8, 4) is 0 Å². The summed E-state index contributed by atoms with van der Waals surface area (Å²) in [5.41, 5.74) is 1.05. The van der Waals surface area contributed by atoms with Crippen LogP contribution in [0.15, 0.2) is 18.2 Å². The van der Waals surface area contributed by atoms with E-state index in [0.717, 1.165) is 16.9 Å². The number of carbonyl (C=O) groups is 1. The van der Waals surface area contributed by atoms with Gasteiger partial charge in [-0.25, -0.2) is 4.98 Å². The van der Waals surface area contributed by atoms with Gasteiger partial charge in [0.15, 0.2) is 0 Å². The molecule has 0 spiro atoms. The quantitative estimate of drug-likeness (QED) is 0.788. The van der Waals surface area contributed by atoms with Crippen LogP contribution in [0.4, 0.5) is 0 Å². The Morgan fingerprint density at radius 3 is 2.57 bits per heavy atom. The second-order valence-electron chi connectivity index (χ2n) is 5.14. The number of halogens is 1. The number of rotatable bonds is 5. The summed E-state index contributed by atoms with van der Waals surface area (Å²) in [5, 5.41) is 0.641. The molecular formula is C16H21ClN2O2. The van der Waals surface area contributed by atoms with Gasteiger partial charge in [0, 0.05) is 12.1 Å². The lowest BCUT2D eigenvalue weighted by Gasteiger charge is -2.28. The van der Waals surface area contributed by atoms with Gasteiger partial charge in [-0.3, -0.25) is 4.79 Å². The molecule has 114 valence electrons. The summed E-state index contributed by atoms with van der Waals surface area (Å²) in [6, 6.07) is 5.58. The van der Waals surface area contributed by atoms with Crippen LogP contribution in [0.25, 0.3) is 11.0 Å². The maximum absolute atomic E-state index is 12.5. The SMILES string of the molecule is CCOC(=O)C(CC)(CC)c1nc2cc(Cl)ccc2n1C. The zero-order chi connectivity index (χ0) is 15.6. The molecule has 4 nitrogen and oxygen atoms in total. The fourth-order valence-electron chi connectivity index (χ4n) is 2.82. The smallest absolute Gasteiger partial charge is 0.319 e. The molecule has 0 atom stereocenters. The van der Waals surface area contributed by atoms with Crippen molar-refractivity contribution in [1.29, 1.82) is 0 Å². The number of hydrogen-bond donors (Lipinski definition) is 0. The van der Waals surface area contributed by atoms with Crippen molar-refractivity contribution in [2.24, 2.45) is 7.05 Å². The highest BCUT2D eigenvalue weighted by atomic mass is 35.5. The van der Waals surface area contributed by atoms with E-state index < -0.39 is 5.41 Å². The molecule has 0 unspecified atom stereocenters. The van der Waals surface area contributed by atoms with Crippen molar-refractivity contribution in [3.63, 3.8) is 0 Å². The maximum atomic E-state index is 12.5. The minimum absolute atomic E-state index is 0.209. The van der Waals surface area contributed by atoms with E-state index in [2.05, 4.69) is 4.98 Å². The number of ether oxygens (including phenoxy) is 1. The predicted molar refractivity (Wildman–Crippen MR) is 84.6 cm³/mol. The number of imidazole rings is 1. The monoisotopic (exact) mass is 308 g/mol. The molecule has 0 N–H and O–H groups in total. The number of nitrogens with zero attached hydrogens (tertiary/aromatic N) is 2. The molecule has 0 aliphatic carbocycles. The second kappa shape index (κ2) is 6.06. The van der Waals surface area contributed by atoms with Gasteiger partial charge in [-0.2, -0.15) is 0 Å². The number of esters is 1. The van der Waals surface area contributed by atoms with Gasteiger partial charge in [0.2, 0.25) is 0 Å². The Morgan fingerprint density at radius 1 is 1.33 bits per heavy atom. The summed E-state index contributed by atoms with van der Waals surface area (Å²) in [4.78, 5) is 17.2. The number of fused-ring (bicyclic) bond motifs is 1. The molecule has 0 aliphatic heterocycles. The second-order valence-corrected chi connectivity index (χ2v) is 5.57. The lowest BCUT2D eigenvalue weighted by Crippen LogP contribution is -2.38. The van der Waals surface area contributed by atoms with Crippen molar-refractivity contribution >= 4 is 28.6 Å². The largest absolute Gasteiger partial charge is 0.465 e. The molecule has 2 aromatic rings. The van der Waals surface area contributed by atoms with Gasteiger partial charge in [0.05, 0.1) is 17.6 Å². The van der Waals surface area contributed by atoms with E-state index in [1.54, 1.807) is 0 Å². The summed E-state index contributed by atoms with van der Waals surface area (Å²) < 4.78 is 7.27. The molecule has 21 heavy (non-hydrogen) atoms. The summed E-state index contributed by atoms with van der Waals surface area (Å²) in [6.45, 7) is 6.18. The van der Waals surface area contributed by atoms with Crippen LogP contribution in [-0.4, -0.2) is 22.1 Å². The third-order valence-electron chi connectivity index (χ3n) is 4.14. The lowest BCUT2D eigenvalue weighted by atomic mass is 9.81. The van der Waals surface area contributed by atoms with E-state index in [-0.39, 0.29) is 5.97 Å². The molecule has 1 aromatic carbocycles. The van der Waals surface area contributed by atoms with Crippen LogP contribution in [0.5, 0.6) is 0 Å². The van der Waals surface area contributed by atoms with Gasteiger partial charge in [0.25, 0.3) is 0 Å². The fourth-order valence-corrected chi connectivity index (χ4v) is 2.98. The number of carbonyl (C=O) groups excluding carboxylic acids is 1. The van der Waals surface area contributed by atoms with Crippen molar-refractivity contribution in [2.75, 3.05) is 6.61 Å². The zero-order valence-electron chi connectivity index (χ0n) is 12.9. The van der Waals surface area contributed by atoms with Crippen molar-refractivity contribution < 1.29 is 9.53 Å². The highest BCUT2D eigenvalue weighted by Crippen LogP contribution is 2.34. The number of hydrogen-bond acceptors (Lipinski definition) is 3. The molecule has 5 heteroatoms. The van der Waals surface area contributed by atoms with Crippen LogP contribution in [-0.2, 0) is 22.0 Å². The third-order valence-corrected chi connectivity index (χ3v) is 4.38. The van der Waals surface area contributed by atoms with E-state index in [9.17, 15) is 4.79 Å². The minimum atomic E-state index is -0.712. The average Bonchev–Trinajstić information content (AvgIpc) is 2.78. The van der Waals surface area contributed by atoms with E-state index in [1.807, 2.05) is 50.6 Å². The summed E-state index contributed by atoms with van der Waals surface area (Å²) in [5.74, 6) is 0.530. The van der Waals surface area contributed by atoms with Gasteiger partial charge < -0.3 is 9.30 Å². The van der Waals surface area contributed by atoms with Gasteiger partial charge in [0.1, 0.15) is 11.2 Å². The Kier molecular flexibility index (Phi) is 4.57. The Balaban J connectivity index is 2.65. The van der Waals surface area contributed by atoms with Crippen LogP contribution in [0.2, 0.25) is 5.02 Å². The van der Waals surface area contributed by atoms with Gasteiger partial charge in [-0.05, 0) is 38.0 Å². The van der Waals surface area contributed by atoms with E-state index >= 15 is 0 Å². The van der Waals surface area contributed by atoms with E-state index in [4.69, 9.17) is 16.3 Å². The standard InChI is InChI=1S/C16H21ClN2O2/c1-5-16(6-2,15(20)21-7-3)14-18-12-10-11(17)8-9-13(12)19(14)4/h8-10H,5-7H2,1-4H3. The number of aryl methyl sites for hydroxylation is 1. The first-order valence-corrected chi connectivity index (χ1v) is 7.67. The Labute approximate surface area is 130 Å². The first-order valence-electron chi connectivity index (χ1n) is 7.29. The van der Waals surface area contributed by atoms with Gasteiger partial charge in [-0.15, -0.1) is 0 Å².